The van der Waals surface area contributed by atoms with E-state index in [1.807, 2.05) is 19.9 Å². The highest BCUT2D eigenvalue weighted by Crippen LogP contribution is 2.32. The molecule has 0 aliphatic carbocycles. The number of aromatic nitrogens is 1. The average Bonchev–Trinajstić information content (AvgIpc) is 3.53. The van der Waals surface area contributed by atoms with Crippen molar-refractivity contribution < 1.29 is 22.4 Å². The molecule has 35 heavy (non-hydrogen) atoms. The fourth-order valence-corrected chi connectivity index (χ4v) is 6.38. The molecule has 10 heteroatoms. The Morgan fingerprint density at radius 3 is 2.49 bits per heavy atom. The van der Waals surface area contributed by atoms with Crippen molar-refractivity contribution in [2.75, 3.05) is 31.2 Å². The van der Waals surface area contributed by atoms with Crippen molar-refractivity contribution in [1.82, 2.24) is 9.29 Å². The number of fused-ring (bicyclic) bond motifs is 1. The van der Waals surface area contributed by atoms with E-state index in [0.717, 1.165) is 21.3 Å². The first kappa shape index (κ1) is 23.7. The first-order valence-electron chi connectivity index (χ1n) is 11.2. The second-order valence-corrected chi connectivity index (χ2v) is 11.4. The highest BCUT2D eigenvalue weighted by Gasteiger charge is 2.28. The van der Waals surface area contributed by atoms with E-state index >= 15 is 0 Å². The molecule has 0 bridgehead atoms. The third-order valence-corrected chi connectivity index (χ3v) is 9.03. The van der Waals surface area contributed by atoms with Gasteiger partial charge in [-0.25, -0.2) is 13.4 Å². The molecule has 1 aliphatic rings. The molecule has 1 saturated heterocycles. The number of hydrogen-bond donors (Lipinski definition) is 0. The van der Waals surface area contributed by atoms with Crippen LogP contribution in [0.15, 0.2) is 64.1 Å². The maximum Gasteiger partial charge on any atom is 0.260 e. The topological polar surface area (TPSA) is 93.0 Å². The zero-order valence-electron chi connectivity index (χ0n) is 19.4. The fourth-order valence-electron chi connectivity index (χ4n) is 3.93. The summed E-state index contributed by atoms with van der Waals surface area (Å²) in [5, 5.41) is 0.552. The molecule has 0 unspecified atom stereocenters. The molecule has 1 aliphatic heterocycles. The van der Waals surface area contributed by atoms with Gasteiger partial charge in [0.2, 0.25) is 10.0 Å². The van der Waals surface area contributed by atoms with Crippen LogP contribution >= 0.6 is 11.3 Å². The summed E-state index contributed by atoms with van der Waals surface area (Å²) in [6, 6.07) is 13.7. The summed E-state index contributed by atoms with van der Waals surface area (Å²) in [6.45, 7) is 5.67. The van der Waals surface area contributed by atoms with Crippen LogP contribution in [0, 0.1) is 13.8 Å². The Balaban J connectivity index is 1.47. The van der Waals surface area contributed by atoms with E-state index in [-0.39, 0.29) is 17.3 Å². The van der Waals surface area contributed by atoms with Crippen molar-refractivity contribution in [2.45, 2.75) is 25.3 Å². The Hall–Kier alpha value is -3.05. The molecule has 182 valence electrons. The van der Waals surface area contributed by atoms with Gasteiger partial charge in [0.05, 0.1) is 41.1 Å². The van der Waals surface area contributed by atoms with E-state index in [1.165, 1.54) is 27.8 Å². The number of sulfonamides is 1. The first-order valence-corrected chi connectivity index (χ1v) is 13.5. The lowest BCUT2D eigenvalue weighted by atomic mass is 10.1. The van der Waals surface area contributed by atoms with Gasteiger partial charge < -0.3 is 9.15 Å². The molecule has 0 radical (unpaired) electrons. The van der Waals surface area contributed by atoms with Crippen molar-refractivity contribution in [1.29, 1.82) is 0 Å². The number of amides is 1. The van der Waals surface area contributed by atoms with Crippen LogP contribution in [-0.4, -0.2) is 49.9 Å². The van der Waals surface area contributed by atoms with Crippen molar-refractivity contribution in [3.63, 3.8) is 0 Å². The number of furan rings is 1. The Morgan fingerprint density at radius 2 is 1.80 bits per heavy atom. The van der Waals surface area contributed by atoms with Gasteiger partial charge >= 0.3 is 0 Å². The number of nitrogens with zero attached hydrogens (tertiary/aromatic N) is 3. The van der Waals surface area contributed by atoms with Gasteiger partial charge in [-0.2, -0.15) is 4.31 Å². The van der Waals surface area contributed by atoms with Crippen LogP contribution in [0.2, 0.25) is 0 Å². The van der Waals surface area contributed by atoms with Crippen LogP contribution in [0.1, 0.15) is 27.2 Å². The summed E-state index contributed by atoms with van der Waals surface area (Å²) < 4.78 is 39.0. The molecule has 2 aromatic carbocycles. The van der Waals surface area contributed by atoms with Crippen LogP contribution in [-0.2, 0) is 21.3 Å². The molecule has 4 aromatic rings. The van der Waals surface area contributed by atoms with Gasteiger partial charge in [-0.1, -0.05) is 11.3 Å². The molecule has 2 aromatic heterocycles. The number of carbonyl (C=O) groups is 1. The standard InChI is InChI=1S/C25H25N3O5S2/c1-17-14-22-23(15-18(17)2)34-25(26-22)28(16-20-4-3-11-33-20)24(29)19-5-7-21(8-6-19)35(30,31)27-9-12-32-13-10-27/h3-8,11,14-15H,9-10,12-13,16H2,1-2H3. The van der Waals surface area contributed by atoms with Gasteiger partial charge in [0.1, 0.15) is 5.76 Å². The molecule has 0 atom stereocenters. The summed E-state index contributed by atoms with van der Waals surface area (Å²) >= 11 is 1.44. The van der Waals surface area contributed by atoms with Gasteiger partial charge in [-0.05, 0) is 73.5 Å². The summed E-state index contributed by atoms with van der Waals surface area (Å²) in [5.74, 6) is 0.334. The lowest BCUT2D eigenvalue weighted by Gasteiger charge is -2.26. The summed E-state index contributed by atoms with van der Waals surface area (Å²) in [6.07, 6.45) is 1.56. The van der Waals surface area contributed by atoms with Crippen LogP contribution in [0.25, 0.3) is 10.2 Å². The first-order chi connectivity index (χ1) is 16.8. The molecular weight excluding hydrogens is 486 g/mol. The van der Waals surface area contributed by atoms with Crippen LogP contribution < -0.4 is 4.90 Å². The second-order valence-electron chi connectivity index (χ2n) is 8.41. The zero-order chi connectivity index (χ0) is 24.6. The highest BCUT2D eigenvalue weighted by atomic mass is 32.2. The van der Waals surface area contributed by atoms with E-state index in [2.05, 4.69) is 6.07 Å². The van der Waals surface area contributed by atoms with E-state index in [9.17, 15) is 13.2 Å². The number of hydrogen-bond acceptors (Lipinski definition) is 7. The predicted molar refractivity (Wildman–Crippen MR) is 134 cm³/mol. The Morgan fingerprint density at radius 1 is 1.09 bits per heavy atom. The normalized spacial score (nSPS) is 14.9. The molecule has 3 heterocycles. The largest absolute Gasteiger partial charge is 0.467 e. The minimum Gasteiger partial charge on any atom is -0.467 e. The molecule has 1 amide bonds. The average molecular weight is 512 g/mol. The maximum absolute atomic E-state index is 13.6. The van der Waals surface area contributed by atoms with Crippen molar-refractivity contribution in [2.24, 2.45) is 0 Å². The smallest absolute Gasteiger partial charge is 0.260 e. The molecule has 8 nitrogen and oxygen atoms in total. The Bertz CT molecular complexity index is 1420. The molecule has 0 N–H and O–H groups in total. The number of rotatable bonds is 6. The SMILES string of the molecule is Cc1cc2nc(N(Cc3ccco3)C(=O)c3ccc(S(=O)(=O)N4CCOCC4)cc3)sc2cc1C. The van der Waals surface area contributed by atoms with Gasteiger partial charge in [0.15, 0.2) is 5.13 Å². The van der Waals surface area contributed by atoms with Gasteiger partial charge in [-0.3, -0.25) is 9.69 Å². The fraction of sp³-hybridized carbons (Fsp3) is 0.280. The monoisotopic (exact) mass is 511 g/mol. The molecule has 1 fully saturated rings. The van der Waals surface area contributed by atoms with Crippen LogP contribution in [0.4, 0.5) is 5.13 Å². The third kappa shape index (κ3) is 4.74. The molecule has 5 rings (SSSR count). The summed E-state index contributed by atoms with van der Waals surface area (Å²) in [5.41, 5.74) is 3.49. The van der Waals surface area contributed by atoms with Gasteiger partial charge in [0.25, 0.3) is 5.91 Å². The molecular formula is C25H25N3O5S2. The van der Waals surface area contributed by atoms with Gasteiger partial charge in [-0.15, -0.1) is 0 Å². The number of benzene rings is 2. The number of ether oxygens (including phenoxy) is 1. The van der Waals surface area contributed by atoms with Crippen molar-refractivity contribution >= 4 is 42.6 Å². The second kappa shape index (κ2) is 9.54. The van der Waals surface area contributed by atoms with Crippen molar-refractivity contribution in [3.05, 3.63) is 77.2 Å². The van der Waals surface area contributed by atoms with E-state index in [0.29, 0.717) is 42.8 Å². The van der Waals surface area contributed by atoms with Crippen LogP contribution in [0.5, 0.6) is 0 Å². The number of aryl methyl sites for hydroxylation is 2. The van der Waals surface area contributed by atoms with Crippen molar-refractivity contribution in [3.8, 4) is 0 Å². The lowest BCUT2D eigenvalue weighted by Crippen LogP contribution is -2.40. The van der Waals surface area contributed by atoms with E-state index < -0.39 is 10.0 Å². The van der Waals surface area contributed by atoms with Crippen LogP contribution in [0.3, 0.4) is 0 Å². The quantitative estimate of drug-likeness (QED) is 0.382. The summed E-state index contributed by atoms with van der Waals surface area (Å²) in [7, 11) is -3.64. The minimum absolute atomic E-state index is 0.152. The number of thiazole rings is 1. The lowest BCUT2D eigenvalue weighted by molar-refractivity contribution is 0.0730. The summed E-state index contributed by atoms with van der Waals surface area (Å²) in [4.78, 5) is 20.1. The Kier molecular flexibility index (Phi) is 6.45. The number of anilines is 1. The number of morpholine rings is 1. The maximum atomic E-state index is 13.6. The number of carbonyl (C=O) groups excluding carboxylic acids is 1. The van der Waals surface area contributed by atoms with E-state index in [4.69, 9.17) is 14.1 Å². The van der Waals surface area contributed by atoms with Gasteiger partial charge in [0, 0.05) is 18.7 Å². The zero-order valence-corrected chi connectivity index (χ0v) is 21.1. The highest BCUT2D eigenvalue weighted by molar-refractivity contribution is 7.89. The molecule has 0 spiro atoms. The Labute approximate surface area is 207 Å². The predicted octanol–water partition coefficient (Wildman–Crippen LogP) is 4.37. The third-order valence-electron chi connectivity index (χ3n) is 6.07. The molecule has 0 saturated carbocycles. The van der Waals surface area contributed by atoms with E-state index in [1.54, 1.807) is 35.4 Å². The minimum atomic E-state index is -3.64.